The Morgan fingerprint density at radius 1 is 0.750 bits per heavy atom. The van der Waals surface area contributed by atoms with E-state index in [1.54, 1.807) is 0 Å². The minimum atomic E-state index is 0. The molecule has 0 aliphatic rings. The number of rotatable bonds is 0. The second-order valence-electron chi connectivity index (χ2n) is 0. The van der Waals surface area contributed by atoms with Gasteiger partial charge in [0.15, 0.2) is 0 Å². The third kappa shape index (κ3) is 8.89. The van der Waals surface area contributed by atoms with Gasteiger partial charge in [-0.15, -0.1) is 0 Å². The first-order chi connectivity index (χ1) is 0. The fourth-order valence-electron chi connectivity index (χ4n) is 0. The zero-order valence-electron chi connectivity index (χ0n) is 0.707. The first kappa shape index (κ1) is 28.0. The van der Waals surface area contributed by atoms with Crippen molar-refractivity contribution in [2.75, 3.05) is 0 Å². The molecule has 0 aromatic heterocycles. The molecule has 0 saturated carbocycles. The smallest absolute Gasteiger partial charge is 0 e. The van der Waals surface area contributed by atoms with Crippen molar-refractivity contribution in [1.82, 2.24) is 0 Å². The third-order valence-corrected chi connectivity index (χ3v) is 0. The van der Waals surface area contributed by atoms with E-state index in [2.05, 4.69) is 0 Å². The van der Waals surface area contributed by atoms with Gasteiger partial charge in [0, 0.05) is 19.5 Å². The summed E-state index contributed by atoms with van der Waals surface area (Å²) in [5.74, 6) is 0. The molecular weight excluding hydrogens is 365 g/mol. The molecule has 0 spiro atoms. The molecule has 0 aromatic carbocycles. The molecule has 0 fully saturated rings. The van der Waals surface area contributed by atoms with Crippen LogP contribution in [0.5, 0.6) is 0 Å². The summed E-state index contributed by atoms with van der Waals surface area (Å²) in [6, 6.07) is 0. The summed E-state index contributed by atoms with van der Waals surface area (Å²) < 4.78 is 0. The predicted octanol–water partition coefficient (Wildman–Crippen LogP) is -3.55. The third-order valence-electron chi connectivity index (χ3n) is 0. The fraction of sp³-hybridized carbons (Fsp3) is 0. The molecule has 4 heteroatoms. The van der Waals surface area contributed by atoms with Crippen LogP contribution in [-0.4, -0.2) is 71.5 Å². The van der Waals surface area contributed by atoms with Crippen LogP contribution in [0.1, 0.15) is 0 Å². The standard InChI is InChI=1S/Ga.2In.Zn.9H. The van der Waals surface area contributed by atoms with Crippen molar-refractivity contribution in [3.63, 3.8) is 0 Å². The van der Waals surface area contributed by atoms with Gasteiger partial charge in [-0.05, 0) is 0 Å². The van der Waals surface area contributed by atoms with Crippen LogP contribution >= 0.6 is 0 Å². The van der Waals surface area contributed by atoms with E-state index in [0.29, 0.717) is 0 Å². The minimum absolute atomic E-state index is 0. The van der Waals surface area contributed by atoms with Gasteiger partial charge in [0.1, 0.15) is 0 Å². The molecule has 0 aliphatic heterocycles. The van der Waals surface area contributed by atoms with E-state index in [1.807, 2.05) is 0 Å². The van der Waals surface area contributed by atoms with Gasteiger partial charge in [-0.25, -0.2) is 0 Å². The molecule has 0 atom stereocenters. The molecule has 0 amide bonds. The molecule has 0 N–H and O–H groups in total. The molecule has 0 aromatic rings. The van der Waals surface area contributed by atoms with Crippen molar-refractivity contribution in [2.24, 2.45) is 0 Å². The van der Waals surface area contributed by atoms with Crippen LogP contribution in [0.3, 0.4) is 0 Å². The number of hydrogen-bond acceptors (Lipinski definition) is 0. The Balaban J connectivity index is 0. The van der Waals surface area contributed by atoms with E-state index >= 15 is 0 Å². The van der Waals surface area contributed by atoms with Crippen LogP contribution in [0.4, 0.5) is 0 Å². The topological polar surface area (TPSA) is 0 Å². The Bertz CT molecular complexity index is 6.00. The maximum atomic E-state index is 0. The van der Waals surface area contributed by atoms with Crippen molar-refractivity contribution in [3.8, 4) is 0 Å². The molecule has 4 heavy (non-hydrogen) atoms. The van der Waals surface area contributed by atoms with Gasteiger partial charge in [0.2, 0.25) is 0 Å². The Morgan fingerprint density at radius 3 is 0.750 bits per heavy atom. The Kier molecular flexibility index (Phi) is 117. The summed E-state index contributed by atoms with van der Waals surface area (Å²) in [5.41, 5.74) is 0. The van der Waals surface area contributed by atoms with Crippen molar-refractivity contribution < 1.29 is 19.5 Å². The Morgan fingerprint density at radius 2 is 0.750 bits per heavy atom. The first-order valence-electron chi connectivity index (χ1n) is 0. The second-order valence-corrected chi connectivity index (χ2v) is 0. The summed E-state index contributed by atoms with van der Waals surface area (Å²) in [4.78, 5) is 0. The fourth-order valence-corrected chi connectivity index (χ4v) is 0. The first-order valence-corrected chi connectivity index (χ1v) is 0. The molecule has 0 rings (SSSR count). The largest absolute Gasteiger partial charge is 0 e. The maximum Gasteiger partial charge on any atom is 0 e. The zero-order chi connectivity index (χ0) is 0. The van der Waals surface area contributed by atoms with E-state index < -0.39 is 0 Å². The molecule has 0 saturated heterocycles. The van der Waals surface area contributed by atoms with E-state index in [9.17, 15) is 0 Å². The molecule has 0 unspecified atom stereocenters. The molecular formula is H9GaIn2Zn. The van der Waals surface area contributed by atoms with E-state index in [1.165, 1.54) is 0 Å². The van der Waals surface area contributed by atoms with Crippen molar-refractivity contribution in [2.45, 2.75) is 0 Å². The van der Waals surface area contributed by atoms with Gasteiger partial charge >= 0.3 is 71.5 Å². The molecule has 20 valence electrons. The van der Waals surface area contributed by atoms with Crippen LogP contribution in [0.2, 0.25) is 0 Å². The monoisotopic (exact) mass is 372 g/mol. The van der Waals surface area contributed by atoms with Gasteiger partial charge in [-0.2, -0.15) is 0 Å². The quantitative estimate of drug-likeness (QED) is 0.386. The maximum absolute atomic E-state index is 0. The molecule has 0 radical (unpaired) electrons. The SMILES string of the molecule is [GaH3].[InH3].[InH3].[Zn]. The summed E-state index contributed by atoms with van der Waals surface area (Å²) >= 11 is 0. The summed E-state index contributed by atoms with van der Waals surface area (Å²) in [6.07, 6.45) is 0. The van der Waals surface area contributed by atoms with Crippen LogP contribution in [0, 0.1) is 0 Å². The Labute approximate surface area is 89.2 Å². The Hall–Kier alpha value is 3.00. The molecule has 0 bridgehead atoms. The van der Waals surface area contributed by atoms with E-state index in [-0.39, 0.29) is 91.0 Å². The van der Waals surface area contributed by atoms with Crippen LogP contribution in [0.15, 0.2) is 0 Å². The summed E-state index contributed by atoms with van der Waals surface area (Å²) in [5, 5.41) is 0. The van der Waals surface area contributed by atoms with E-state index in [4.69, 9.17) is 0 Å². The van der Waals surface area contributed by atoms with Crippen molar-refractivity contribution in [1.29, 1.82) is 0 Å². The summed E-state index contributed by atoms with van der Waals surface area (Å²) in [6.45, 7) is 0. The normalized spacial score (nSPS) is 0. The zero-order valence-corrected chi connectivity index (χ0v) is 3.67. The number of hydrogen-bond donors (Lipinski definition) is 0. The van der Waals surface area contributed by atoms with Crippen LogP contribution in [-0.2, 0) is 19.5 Å². The summed E-state index contributed by atoms with van der Waals surface area (Å²) in [7, 11) is 0. The van der Waals surface area contributed by atoms with Crippen molar-refractivity contribution >= 4 is 71.5 Å². The van der Waals surface area contributed by atoms with E-state index in [0.717, 1.165) is 0 Å². The van der Waals surface area contributed by atoms with Crippen LogP contribution < -0.4 is 0 Å². The van der Waals surface area contributed by atoms with Crippen LogP contribution in [0.25, 0.3) is 0 Å². The second kappa shape index (κ2) is 16.7. The predicted molar refractivity (Wildman–Crippen MR) is 29.8 cm³/mol. The minimum Gasteiger partial charge on any atom is 0 e. The van der Waals surface area contributed by atoms with Gasteiger partial charge in [0.05, 0.1) is 0 Å². The van der Waals surface area contributed by atoms with Crippen molar-refractivity contribution in [3.05, 3.63) is 0 Å². The molecule has 0 nitrogen and oxygen atoms in total. The molecule has 0 aliphatic carbocycles. The van der Waals surface area contributed by atoms with Gasteiger partial charge in [0.25, 0.3) is 0 Å². The molecule has 0 heterocycles. The van der Waals surface area contributed by atoms with Gasteiger partial charge in [-0.3, -0.25) is 0 Å². The average Bonchev–Trinajstić information content (AvgIpc) is 0. The van der Waals surface area contributed by atoms with Gasteiger partial charge in [-0.1, -0.05) is 0 Å². The van der Waals surface area contributed by atoms with Gasteiger partial charge < -0.3 is 0 Å². The average molecular weight is 374 g/mol.